The maximum absolute atomic E-state index is 12.2. The van der Waals surface area contributed by atoms with E-state index >= 15 is 0 Å². The molecule has 9 heteroatoms. The van der Waals surface area contributed by atoms with Gasteiger partial charge in [0.25, 0.3) is 10.1 Å². The number of hydrogen-bond donors (Lipinski definition) is 1. The minimum atomic E-state index is -4.74. The molecule has 0 unspecified atom stereocenters. The first-order valence-corrected chi connectivity index (χ1v) is 10.5. The molecule has 160 valence electrons. The molecule has 0 aliphatic heterocycles. The van der Waals surface area contributed by atoms with E-state index in [4.69, 9.17) is 9.47 Å². The summed E-state index contributed by atoms with van der Waals surface area (Å²) in [4.78, 5) is 23.7. The Morgan fingerprint density at radius 3 is 1.79 bits per heavy atom. The predicted octanol–water partition coefficient (Wildman–Crippen LogP) is 1.24. The molecular formula is C20H31LiO7S. The maximum Gasteiger partial charge on any atom is 1.00 e. The second-order valence-electron chi connectivity index (χ2n) is 9.08. The molecule has 0 bridgehead atoms. The molecule has 1 rings (SSSR count). The van der Waals surface area contributed by atoms with Crippen LogP contribution in [-0.2, 0) is 19.6 Å². The number of rotatable bonds is 7. The van der Waals surface area contributed by atoms with Gasteiger partial charge in [-0.15, -0.1) is 0 Å². The van der Waals surface area contributed by atoms with Crippen molar-refractivity contribution in [1.82, 2.24) is 0 Å². The summed E-state index contributed by atoms with van der Waals surface area (Å²) >= 11 is 0. The van der Waals surface area contributed by atoms with Crippen LogP contribution in [0.3, 0.4) is 0 Å². The molecule has 0 heterocycles. The molecule has 0 aliphatic carbocycles. The fraction of sp³-hybridized carbons (Fsp3) is 0.600. The van der Waals surface area contributed by atoms with Crippen molar-refractivity contribution in [3.8, 4) is 0 Å². The van der Waals surface area contributed by atoms with Crippen molar-refractivity contribution < 1.29 is 52.3 Å². The summed E-state index contributed by atoms with van der Waals surface area (Å²) in [6, 6.07) is 3.34. The van der Waals surface area contributed by atoms with Gasteiger partial charge in [-0.1, -0.05) is 41.5 Å². The summed E-state index contributed by atoms with van der Waals surface area (Å²) in [7, 11) is -4.74. The van der Waals surface area contributed by atoms with E-state index in [1.54, 1.807) is 0 Å². The second-order valence-corrected chi connectivity index (χ2v) is 10.5. The predicted molar refractivity (Wildman–Crippen MR) is 106 cm³/mol. The number of carbonyl (C=O) groups excluding carboxylic acids is 2. The first-order chi connectivity index (χ1) is 12.6. The van der Waals surface area contributed by atoms with E-state index in [0.717, 1.165) is 12.1 Å². The maximum atomic E-state index is 12.2. The Morgan fingerprint density at radius 2 is 1.38 bits per heavy atom. The monoisotopic (exact) mass is 422 g/mol. The fourth-order valence-electron chi connectivity index (χ4n) is 2.09. The van der Waals surface area contributed by atoms with Crippen LogP contribution in [0.2, 0.25) is 0 Å². The number of carbonyl (C=O) groups is 2. The third kappa shape index (κ3) is 10.3. The van der Waals surface area contributed by atoms with Crippen LogP contribution in [0.1, 0.15) is 76.5 Å². The van der Waals surface area contributed by atoms with Crippen LogP contribution in [-0.4, -0.2) is 38.1 Å². The zero-order chi connectivity index (χ0) is 21.8. The van der Waals surface area contributed by atoms with Gasteiger partial charge in [-0.25, -0.2) is 9.59 Å². The number of hydrogen-bond acceptors (Lipinski definition) is 6. The van der Waals surface area contributed by atoms with Crippen LogP contribution in [0, 0.1) is 10.8 Å². The normalized spacial score (nSPS) is 12.1. The van der Waals surface area contributed by atoms with Crippen LogP contribution < -0.4 is 18.9 Å². The van der Waals surface area contributed by atoms with Crippen LogP contribution in [0.25, 0.3) is 0 Å². The summed E-state index contributed by atoms with van der Waals surface area (Å²) in [5.74, 6) is -1.62. The summed E-state index contributed by atoms with van der Waals surface area (Å²) < 4.78 is 43.1. The molecule has 0 aromatic heterocycles. The van der Waals surface area contributed by atoms with Crippen molar-refractivity contribution in [2.24, 2.45) is 10.8 Å². The molecule has 0 spiro atoms. The molecule has 1 N–H and O–H groups in total. The number of esters is 2. The largest absolute Gasteiger partial charge is 1.00 e. The Bertz CT molecular complexity index is 825. The Hall–Kier alpha value is -1.33. The van der Waals surface area contributed by atoms with Crippen molar-refractivity contribution in [3.05, 3.63) is 29.3 Å². The standard InChI is InChI=1S/C20H30O7S.Li.H/c1-19(2,3)9-11-26-17(21)14-7-8-15(16(13-14)28(23,24)25)18(22)27-12-10-20(4,5)6;;/h7-8,13H,9-12H2,1-6H3,(H,23,24,25);;/q;+1;-1. The summed E-state index contributed by atoms with van der Waals surface area (Å²) in [6.45, 7) is 12.2. The van der Waals surface area contributed by atoms with Crippen LogP contribution in [0.4, 0.5) is 0 Å². The summed E-state index contributed by atoms with van der Waals surface area (Å²) in [6.07, 6.45) is 1.21. The molecule has 0 aliphatic rings. The number of benzene rings is 1. The summed E-state index contributed by atoms with van der Waals surface area (Å²) in [5.41, 5.74) is -0.497. The second kappa shape index (κ2) is 10.6. The van der Waals surface area contributed by atoms with E-state index in [0.29, 0.717) is 12.8 Å². The van der Waals surface area contributed by atoms with Gasteiger partial charge in [-0.05, 0) is 41.9 Å². The Morgan fingerprint density at radius 1 is 0.931 bits per heavy atom. The average molecular weight is 422 g/mol. The molecule has 0 saturated heterocycles. The molecule has 7 nitrogen and oxygen atoms in total. The van der Waals surface area contributed by atoms with Gasteiger partial charge in [0.05, 0.1) is 24.3 Å². The van der Waals surface area contributed by atoms with Crippen molar-refractivity contribution in [2.45, 2.75) is 59.3 Å². The molecular weight excluding hydrogens is 391 g/mol. The number of ether oxygens (including phenoxy) is 2. The van der Waals surface area contributed by atoms with E-state index in [1.165, 1.54) is 6.07 Å². The van der Waals surface area contributed by atoms with Gasteiger partial charge in [0.2, 0.25) is 0 Å². The Kier molecular flexibility index (Phi) is 10.1. The van der Waals surface area contributed by atoms with Crippen molar-refractivity contribution in [3.63, 3.8) is 0 Å². The Labute approximate surface area is 187 Å². The zero-order valence-corrected chi connectivity index (χ0v) is 19.2. The van der Waals surface area contributed by atoms with Crippen molar-refractivity contribution in [2.75, 3.05) is 13.2 Å². The van der Waals surface area contributed by atoms with Crippen LogP contribution >= 0.6 is 0 Å². The van der Waals surface area contributed by atoms with Crippen molar-refractivity contribution in [1.29, 1.82) is 0 Å². The Balaban J connectivity index is 0. The van der Waals surface area contributed by atoms with Gasteiger partial charge in [-0.2, -0.15) is 8.42 Å². The zero-order valence-electron chi connectivity index (χ0n) is 19.4. The van der Waals surface area contributed by atoms with Gasteiger partial charge in [0.15, 0.2) is 0 Å². The molecule has 29 heavy (non-hydrogen) atoms. The van der Waals surface area contributed by atoms with Gasteiger partial charge in [-0.3, -0.25) is 4.55 Å². The third-order valence-corrected chi connectivity index (χ3v) is 4.78. The van der Waals surface area contributed by atoms with Crippen molar-refractivity contribution >= 4 is 22.1 Å². The molecule has 0 amide bonds. The SMILES string of the molecule is CC(C)(C)CCOC(=O)c1ccc(C(=O)OCCC(C)(C)C)c(S(=O)(=O)O)c1.[H-].[Li+]. The minimum absolute atomic E-state index is 0. The fourth-order valence-corrected chi connectivity index (χ4v) is 2.80. The molecule has 0 radical (unpaired) electrons. The first kappa shape index (κ1) is 27.7. The minimum Gasteiger partial charge on any atom is -1.00 e. The van der Waals surface area contributed by atoms with E-state index in [1.807, 2.05) is 41.5 Å². The van der Waals surface area contributed by atoms with E-state index < -0.39 is 27.0 Å². The molecule has 0 saturated carbocycles. The quantitative estimate of drug-likeness (QED) is 0.400. The topological polar surface area (TPSA) is 107 Å². The van der Waals surface area contributed by atoms with Gasteiger partial charge in [0, 0.05) is 0 Å². The first-order valence-electron chi connectivity index (χ1n) is 9.06. The average Bonchev–Trinajstić information content (AvgIpc) is 2.50. The van der Waals surface area contributed by atoms with Gasteiger partial charge in [0.1, 0.15) is 4.90 Å². The summed E-state index contributed by atoms with van der Waals surface area (Å²) in [5, 5.41) is 0. The smallest absolute Gasteiger partial charge is 1.00 e. The van der Waals surface area contributed by atoms with E-state index in [9.17, 15) is 22.6 Å². The molecule has 0 fully saturated rings. The molecule has 1 aromatic carbocycles. The molecule has 0 atom stereocenters. The molecule has 1 aromatic rings. The van der Waals surface area contributed by atoms with Crippen LogP contribution in [0.15, 0.2) is 23.1 Å². The third-order valence-electron chi connectivity index (χ3n) is 3.89. The van der Waals surface area contributed by atoms with Crippen LogP contribution in [0.5, 0.6) is 0 Å². The van der Waals surface area contributed by atoms with Gasteiger partial charge < -0.3 is 10.9 Å². The van der Waals surface area contributed by atoms with E-state index in [2.05, 4.69) is 0 Å². The van der Waals surface area contributed by atoms with E-state index in [-0.39, 0.29) is 55.5 Å². The van der Waals surface area contributed by atoms with Gasteiger partial charge >= 0.3 is 30.8 Å².